The molecule has 2 fully saturated rings. The zero-order chi connectivity index (χ0) is 40.5. The highest BCUT2D eigenvalue weighted by molar-refractivity contribution is 6.47. The van der Waals surface area contributed by atoms with Crippen molar-refractivity contribution in [1.82, 2.24) is 0 Å². The summed E-state index contributed by atoms with van der Waals surface area (Å²) < 4.78 is 11.0. The van der Waals surface area contributed by atoms with E-state index in [4.69, 9.17) is 32.2 Å². The van der Waals surface area contributed by atoms with Crippen LogP contribution < -0.4 is 32.2 Å². The lowest BCUT2D eigenvalue weighted by Gasteiger charge is -2.35. The number of Topliss-reactive ketones (excluding diaryl/α,β-unsaturated/α-hetero) is 2. The molecule has 2 aromatic rings. The second-order valence-electron chi connectivity index (χ2n) is 16.4. The largest absolute Gasteiger partial charge is 0.535 e. The summed E-state index contributed by atoms with van der Waals surface area (Å²) in [6.07, 6.45) is 8.12. The predicted octanol–water partition coefficient (Wildman–Crippen LogP) is 2.94. The van der Waals surface area contributed by atoms with Gasteiger partial charge in [0.1, 0.15) is 23.1 Å². The Kier molecular flexibility index (Phi) is 15.5. The molecular formula is C40H58B2N4O10. The number of hydrogen-bond donors (Lipinski definition) is 8. The molecule has 0 aromatic heterocycles. The van der Waals surface area contributed by atoms with Gasteiger partial charge in [-0.15, -0.1) is 0 Å². The van der Waals surface area contributed by atoms with E-state index in [0.717, 1.165) is 49.7 Å². The first-order chi connectivity index (χ1) is 26.8. The summed E-state index contributed by atoms with van der Waals surface area (Å²) in [4.78, 5) is 47.9. The molecule has 0 amide bonds. The maximum absolute atomic E-state index is 12.6. The smallest absolute Gasteiger partial charge is 0.526 e. The zero-order valence-electron chi connectivity index (χ0n) is 32.1. The summed E-state index contributed by atoms with van der Waals surface area (Å²) in [6, 6.07) is 9.78. The fourth-order valence-electron chi connectivity index (χ4n) is 9.46. The summed E-state index contributed by atoms with van der Waals surface area (Å²) in [7, 11) is -2.36. The first kappa shape index (κ1) is 43.3. The molecule has 0 bridgehead atoms. The number of nitrogens with two attached hydrogens (primary N) is 4. The molecule has 0 spiro atoms. The molecule has 2 aromatic carbocycles. The number of carboxylic acid groups (broad SMARTS) is 2. The third kappa shape index (κ3) is 10.8. The average molecular weight is 777 g/mol. The van der Waals surface area contributed by atoms with Gasteiger partial charge in [-0.3, -0.25) is 9.59 Å². The Bertz CT molecular complexity index is 1580. The van der Waals surface area contributed by atoms with Crippen LogP contribution in [0.1, 0.15) is 96.1 Å². The van der Waals surface area contributed by atoms with Crippen LogP contribution in [0, 0.1) is 35.5 Å². The first-order valence-corrected chi connectivity index (χ1v) is 20.1. The van der Waals surface area contributed by atoms with Crippen molar-refractivity contribution in [3.63, 3.8) is 0 Å². The van der Waals surface area contributed by atoms with E-state index in [2.05, 4.69) is 0 Å². The van der Waals surface area contributed by atoms with Gasteiger partial charge in [-0.1, -0.05) is 24.3 Å². The third-order valence-electron chi connectivity index (χ3n) is 12.6. The minimum Gasteiger partial charge on any atom is -0.535 e. The number of hydrogen-bond acceptors (Lipinski definition) is 12. The second kappa shape index (κ2) is 20.1. The molecule has 6 rings (SSSR count). The Labute approximate surface area is 329 Å². The van der Waals surface area contributed by atoms with Crippen molar-refractivity contribution in [1.29, 1.82) is 0 Å². The minimum atomic E-state index is -1.18. The van der Waals surface area contributed by atoms with Gasteiger partial charge in [0.25, 0.3) is 0 Å². The monoisotopic (exact) mass is 776 g/mol. The van der Waals surface area contributed by atoms with Gasteiger partial charge in [0.05, 0.1) is 11.1 Å². The Morgan fingerprint density at radius 3 is 1.29 bits per heavy atom. The summed E-state index contributed by atoms with van der Waals surface area (Å²) in [5, 5.41) is 39.2. The number of carbonyl (C=O) groups is 4. The number of aromatic carboxylic acids is 2. The van der Waals surface area contributed by atoms with E-state index in [1.807, 2.05) is 0 Å². The highest BCUT2D eigenvalue weighted by atomic mass is 16.5. The Morgan fingerprint density at radius 1 is 0.571 bits per heavy atom. The van der Waals surface area contributed by atoms with E-state index < -0.39 is 26.2 Å². The van der Waals surface area contributed by atoms with Gasteiger partial charge in [-0.05, 0) is 136 Å². The number of fused-ring (bicyclic) bond motifs is 2. The molecule has 56 heavy (non-hydrogen) atoms. The molecule has 8 atom stereocenters. The number of carbonyl (C=O) groups excluding carboxylic acids is 2. The predicted molar refractivity (Wildman–Crippen MR) is 212 cm³/mol. The minimum absolute atomic E-state index is 0.0332. The van der Waals surface area contributed by atoms with E-state index in [-0.39, 0.29) is 58.7 Å². The molecule has 2 aliphatic heterocycles. The van der Waals surface area contributed by atoms with Crippen LogP contribution in [0.2, 0.25) is 11.6 Å². The van der Waals surface area contributed by atoms with Crippen LogP contribution in [0.3, 0.4) is 0 Å². The standard InChI is InChI=1S/2C20H29BN2O5/c2*22-10-14-5-4-12(6-15(14)11-23)7-17(24)9-16-8-13-2-1-3-18(20(25)26)19(13)28-21(16)27/h2*1-3,12,14-16,27H,4-11,22-23H2,(H,25,26)/t12-,14?,15+,16+;12-,14+,15+,16-/m01/s1. The van der Waals surface area contributed by atoms with Crippen LogP contribution in [-0.2, 0) is 22.4 Å². The lowest BCUT2D eigenvalue weighted by molar-refractivity contribution is -0.121. The van der Waals surface area contributed by atoms with Crippen LogP contribution in [0.5, 0.6) is 11.5 Å². The van der Waals surface area contributed by atoms with Gasteiger partial charge in [-0.2, -0.15) is 0 Å². The fraction of sp³-hybridized carbons (Fsp3) is 0.600. The lowest BCUT2D eigenvalue weighted by Crippen LogP contribution is -2.37. The van der Waals surface area contributed by atoms with Crippen LogP contribution >= 0.6 is 0 Å². The number of ketones is 2. The summed E-state index contributed by atoms with van der Waals surface area (Å²) in [5.74, 6) is -0.0127. The zero-order valence-corrected chi connectivity index (χ0v) is 32.1. The van der Waals surface area contributed by atoms with E-state index in [1.54, 1.807) is 24.3 Å². The number of carboxylic acids is 2. The van der Waals surface area contributed by atoms with Gasteiger partial charge in [0, 0.05) is 37.3 Å². The topological polar surface area (TPSA) is 272 Å². The van der Waals surface area contributed by atoms with Crippen molar-refractivity contribution < 1.29 is 48.7 Å². The van der Waals surface area contributed by atoms with Crippen molar-refractivity contribution in [2.24, 2.45) is 58.4 Å². The molecular weight excluding hydrogens is 718 g/mol. The molecule has 16 heteroatoms. The first-order valence-electron chi connectivity index (χ1n) is 20.1. The Hall–Kier alpha value is -3.79. The normalized spacial score (nSPS) is 27.0. The number of rotatable bonds is 14. The third-order valence-corrected chi connectivity index (χ3v) is 12.6. The van der Waals surface area contributed by atoms with E-state index in [0.29, 0.717) is 87.4 Å². The van der Waals surface area contributed by atoms with Crippen molar-refractivity contribution in [2.45, 2.75) is 88.7 Å². The maximum atomic E-state index is 12.6. The second-order valence-corrected chi connectivity index (χ2v) is 16.4. The number of benzene rings is 2. The highest BCUT2D eigenvalue weighted by Gasteiger charge is 2.40. The molecule has 14 nitrogen and oxygen atoms in total. The van der Waals surface area contributed by atoms with Gasteiger partial charge >= 0.3 is 26.2 Å². The molecule has 0 radical (unpaired) electrons. The van der Waals surface area contributed by atoms with Gasteiger partial charge in [0.15, 0.2) is 0 Å². The van der Waals surface area contributed by atoms with Crippen molar-refractivity contribution >= 4 is 37.7 Å². The Morgan fingerprint density at radius 2 is 0.946 bits per heavy atom. The van der Waals surface area contributed by atoms with Gasteiger partial charge in [-0.25, -0.2) is 9.59 Å². The quantitative estimate of drug-likeness (QED) is 0.128. The fourth-order valence-corrected chi connectivity index (χ4v) is 9.46. The molecule has 304 valence electrons. The van der Waals surface area contributed by atoms with Crippen molar-refractivity contribution in [2.75, 3.05) is 26.2 Å². The van der Waals surface area contributed by atoms with Crippen LogP contribution in [0.25, 0.3) is 0 Å². The highest BCUT2D eigenvalue weighted by Crippen LogP contribution is 2.40. The SMILES string of the molecule is NCC1CC[C@H](CC(=O)C[C@H]2Cc3cccc(C(=O)O)c3OB2O)C[C@@H]1CN.NC[C@@H]1CC[C@@H](CC(=O)C[C@H]2Cc3cccc(C(=O)O)c3OB2O)C[C@H]1CN. The molecule has 0 saturated heterocycles. The number of para-hydroxylation sites is 2. The van der Waals surface area contributed by atoms with Crippen LogP contribution in [-0.4, -0.2) is 84.2 Å². The summed E-state index contributed by atoms with van der Waals surface area (Å²) in [6.45, 7) is 2.49. The van der Waals surface area contributed by atoms with Gasteiger partial charge in [0.2, 0.25) is 0 Å². The molecule has 4 aliphatic rings. The Balaban J connectivity index is 0.000000214. The van der Waals surface area contributed by atoms with E-state index in [1.165, 1.54) is 12.1 Å². The van der Waals surface area contributed by atoms with E-state index >= 15 is 0 Å². The van der Waals surface area contributed by atoms with Crippen molar-refractivity contribution in [3.8, 4) is 11.5 Å². The lowest BCUT2D eigenvalue weighted by atomic mass is 9.63. The molecule has 1 unspecified atom stereocenters. The van der Waals surface area contributed by atoms with Crippen LogP contribution in [0.15, 0.2) is 36.4 Å². The molecule has 12 N–H and O–H groups in total. The molecule has 2 saturated carbocycles. The summed E-state index contributed by atoms with van der Waals surface area (Å²) in [5.41, 5.74) is 24.9. The van der Waals surface area contributed by atoms with E-state index in [9.17, 15) is 39.4 Å². The average Bonchev–Trinajstić information content (AvgIpc) is 3.18. The van der Waals surface area contributed by atoms with Gasteiger partial charge < -0.3 is 52.5 Å². The molecule has 2 aliphatic carbocycles. The summed E-state index contributed by atoms with van der Waals surface area (Å²) >= 11 is 0. The van der Waals surface area contributed by atoms with Crippen molar-refractivity contribution in [3.05, 3.63) is 58.7 Å². The van der Waals surface area contributed by atoms with Crippen LogP contribution in [0.4, 0.5) is 0 Å². The molecule has 2 heterocycles. The maximum Gasteiger partial charge on any atom is 0.526 e.